The highest BCUT2D eigenvalue weighted by atomic mass is 79.9. The Labute approximate surface area is 127 Å². The second-order valence-electron chi connectivity index (χ2n) is 4.03. The number of nitrogens with zero attached hydrogens (tertiary/aromatic N) is 2. The van der Waals surface area contributed by atoms with Crippen molar-refractivity contribution in [2.24, 2.45) is 5.73 Å². The van der Waals surface area contributed by atoms with E-state index < -0.39 is 0 Å². The lowest BCUT2D eigenvalue weighted by Crippen LogP contribution is -2.19. The third-order valence-corrected chi connectivity index (χ3v) is 5.48. The minimum absolute atomic E-state index is 0.135. The Bertz CT molecular complexity index is 657. The molecule has 0 spiro atoms. The maximum Gasteiger partial charge on any atom is 0.150 e. The average Bonchev–Trinajstić information content (AvgIpc) is 3.10. The zero-order valence-electron chi connectivity index (χ0n) is 9.99. The molecule has 19 heavy (non-hydrogen) atoms. The predicted molar refractivity (Wildman–Crippen MR) is 84.8 cm³/mol. The number of halogens is 1. The molecule has 3 nitrogen and oxygen atoms in total. The predicted octanol–water partition coefficient (Wildman–Crippen LogP) is 3.98. The Kier molecular flexibility index (Phi) is 3.83. The van der Waals surface area contributed by atoms with Gasteiger partial charge in [-0.3, -0.25) is 0 Å². The van der Waals surface area contributed by atoms with Crippen molar-refractivity contribution in [1.29, 1.82) is 0 Å². The molecule has 0 saturated carbocycles. The van der Waals surface area contributed by atoms with Gasteiger partial charge in [0, 0.05) is 23.8 Å². The molecule has 2 N–H and O–H groups in total. The van der Waals surface area contributed by atoms with E-state index in [2.05, 4.69) is 49.1 Å². The third kappa shape index (κ3) is 2.53. The van der Waals surface area contributed by atoms with Crippen LogP contribution in [0.5, 0.6) is 0 Å². The van der Waals surface area contributed by atoms with Gasteiger partial charge in [0.2, 0.25) is 0 Å². The molecule has 1 atom stereocenters. The fourth-order valence-electron chi connectivity index (χ4n) is 2.04. The van der Waals surface area contributed by atoms with Crippen LogP contribution in [0.3, 0.4) is 0 Å². The van der Waals surface area contributed by atoms with Gasteiger partial charge < -0.3 is 10.3 Å². The molecule has 0 saturated heterocycles. The molecule has 0 aliphatic rings. The second-order valence-corrected chi connectivity index (χ2v) is 7.47. The minimum atomic E-state index is 0.135. The summed E-state index contributed by atoms with van der Waals surface area (Å²) in [5, 5.41) is 2.06. The lowest BCUT2D eigenvalue weighted by atomic mass is 10.2. The van der Waals surface area contributed by atoms with Crippen LogP contribution in [0.25, 0.3) is 10.7 Å². The van der Waals surface area contributed by atoms with Gasteiger partial charge in [-0.15, -0.1) is 22.7 Å². The number of nitrogens with two attached hydrogens (primary N) is 1. The molecule has 0 aliphatic carbocycles. The van der Waals surface area contributed by atoms with E-state index in [-0.39, 0.29) is 6.04 Å². The van der Waals surface area contributed by atoms with Crippen molar-refractivity contribution in [1.82, 2.24) is 9.55 Å². The van der Waals surface area contributed by atoms with Crippen LogP contribution in [0.2, 0.25) is 0 Å². The molecule has 0 radical (unpaired) electrons. The van der Waals surface area contributed by atoms with Crippen LogP contribution in [0.15, 0.2) is 45.8 Å². The Balaban J connectivity index is 2.03. The maximum absolute atomic E-state index is 5.97. The minimum Gasteiger partial charge on any atom is -0.328 e. The number of aromatic nitrogens is 2. The first kappa shape index (κ1) is 13.1. The second kappa shape index (κ2) is 5.58. The number of hydrogen-bond acceptors (Lipinski definition) is 4. The van der Waals surface area contributed by atoms with Crippen molar-refractivity contribution in [3.8, 4) is 10.7 Å². The summed E-state index contributed by atoms with van der Waals surface area (Å²) >= 11 is 6.91. The Morgan fingerprint density at radius 1 is 1.37 bits per heavy atom. The molecule has 3 aromatic heterocycles. The van der Waals surface area contributed by atoms with Crippen molar-refractivity contribution in [3.05, 3.63) is 50.7 Å². The molecular weight excluding hydrogens is 342 g/mol. The van der Waals surface area contributed by atoms with Crippen molar-refractivity contribution in [3.63, 3.8) is 0 Å². The lowest BCUT2D eigenvalue weighted by molar-refractivity contribution is 0.611. The number of imidazole rings is 1. The highest BCUT2D eigenvalue weighted by molar-refractivity contribution is 9.11. The summed E-state index contributed by atoms with van der Waals surface area (Å²) in [6, 6.07) is 8.44. The van der Waals surface area contributed by atoms with E-state index in [1.165, 1.54) is 9.75 Å². The van der Waals surface area contributed by atoms with Crippen LogP contribution in [-0.4, -0.2) is 16.1 Å². The summed E-state index contributed by atoms with van der Waals surface area (Å²) in [6.45, 7) is 0.557. The first-order valence-electron chi connectivity index (χ1n) is 5.81. The molecule has 0 amide bonds. The van der Waals surface area contributed by atoms with E-state index in [0.29, 0.717) is 6.54 Å². The van der Waals surface area contributed by atoms with Gasteiger partial charge in [-0.1, -0.05) is 6.07 Å². The molecule has 3 rings (SSSR count). The van der Waals surface area contributed by atoms with Crippen LogP contribution in [0.4, 0.5) is 0 Å². The van der Waals surface area contributed by atoms with E-state index in [0.717, 1.165) is 9.61 Å². The Morgan fingerprint density at radius 3 is 2.89 bits per heavy atom. The standard InChI is InChI=1S/C13H12BrN3S2/c14-12-4-3-10(19-12)9(8-15)17-6-5-16-13(17)11-2-1-7-18-11/h1-7,9H,8,15H2. The molecular formula is C13H12BrN3S2. The molecule has 0 aliphatic heterocycles. The van der Waals surface area contributed by atoms with Crippen molar-refractivity contribution >= 4 is 38.6 Å². The quantitative estimate of drug-likeness (QED) is 0.770. The average molecular weight is 354 g/mol. The molecule has 0 bridgehead atoms. The van der Waals surface area contributed by atoms with Crippen molar-refractivity contribution in [2.75, 3.05) is 6.54 Å². The normalized spacial score (nSPS) is 12.7. The van der Waals surface area contributed by atoms with Gasteiger partial charge in [-0.25, -0.2) is 4.98 Å². The van der Waals surface area contributed by atoms with E-state index >= 15 is 0 Å². The lowest BCUT2D eigenvalue weighted by Gasteiger charge is -2.17. The summed E-state index contributed by atoms with van der Waals surface area (Å²) in [7, 11) is 0. The van der Waals surface area contributed by atoms with E-state index in [1.54, 1.807) is 22.7 Å². The van der Waals surface area contributed by atoms with Gasteiger partial charge in [0.15, 0.2) is 5.82 Å². The smallest absolute Gasteiger partial charge is 0.150 e. The SMILES string of the molecule is NCC(c1ccc(Br)s1)n1ccnc1-c1cccs1. The van der Waals surface area contributed by atoms with Crippen LogP contribution in [0.1, 0.15) is 10.9 Å². The summed E-state index contributed by atoms with van der Waals surface area (Å²) < 4.78 is 3.28. The first-order chi connectivity index (χ1) is 9.29. The van der Waals surface area contributed by atoms with Gasteiger partial charge in [0.1, 0.15) is 0 Å². The first-order valence-corrected chi connectivity index (χ1v) is 8.30. The highest BCUT2D eigenvalue weighted by Gasteiger charge is 2.18. The molecule has 6 heteroatoms. The summed E-state index contributed by atoms with van der Waals surface area (Å²) in [5.74, 6) is 0.981. The molecule has 0 aromatic carbocycles. The van der Waals surface area contributed by atoms with Crippen LogP contribution in [0, 0.1) is 0 Å². The Hall–Kier alpha value is -0.950. The van der Waals surface area contributed by atoms with Crippen molar-refractivity contribution in [2.45, 2.75) is 6.04 Å². The summed E-state index contributed by atoms with van der Waals surface area (Å²) in [4.78, 5) is 6.88. The van der Waals surface area contributed by atoms with Crippen LogP contribution >= 0.6 is 38.6 Å². The van der Waals surface area contributed by atoms with Gasteiger partial charge in [0.05, 0.1) is 14.7 Å². The molecule has 1 unspecified atom stereocenters. The maximum atomic E-state index is 5.97. The van der Waals surface area contributed by atoms with E-state index in [9.17, 15) is 0 Å². The van der Waals surface area contributed by atoms with Crippen LogP contribution < -0.4 is 5.73 Å². The third-order valence-electron chi connectivity index (χ3n) is 2.89. The number of rotatable bonds is 4. The zero-order valence-corrected chi connectivity index (χ0v) is 13.2. The molecule has 3 heterocycles. The number of hydrogen-bond donors (Lipinski definition) is 1. The van der Waals surface area contributed by atoms with Gasteiger partial charge >= 0.3 is 0 Å². The fourth-order valence-corrected chi connectivity index (χ4v) is 4.30. The van der Waals surface area contributed by atoms with Crippen LogP contribution in [-0.2, 0) is 0 Å². The fraction of sp³-hybridized carbons (Fsp3) is 0.154. The zero-order chi connectivity index (χ0) is 13.2. The van der Waals surface area contributed by atoms with Gasteiger partial charge in [0.25, 0.3) is 0 Å². The summed E-state index contributed by atoms with van der Waals surface area (Å²) in [5.41, 5.74) is 5.97. The molecule has 98 valence electrons. The Morgan fingerprint density at radius 2 is 2.26 bits per heavy atom. The largest absolute Gasteiger partial charge is 0.328 e. The molecule has 3 aromatic rings. The van der Waals surface area contributed by atoms with Gasteiger partial charge in [-0.05, 0) is 39.5 Å². The highest BCUT2D eigenvalue weighted by Crippen LogP contribution is 2.32. The monoisotopic (exact) mass is 353 g/mol. The topological polar surface area (TPSA) is 43.8 Å². The number of thiophene rings is 2. The van der Waals surface area contributed by atoms with E-state index in [1.807, 2.05) is 18.5 Å². The van der Waals surface area contributed by atoms with E-state index in [4.69, 9.17) is 5.73 Å². The van der Waals surface area contributed by atoms with Gasteiger partial charge in [-0.2, -0.15) is 0 Å². The molecule has 0 fully saturated rings. The van der Waals surface area contributed by atoms with Crippen molar-refractivity contribution < 1.29 is 0 Å². The summed E-state index contributed by atoms with van der Waals surface area (Å²) in [6.07, 6.45) is 3.83.